The summed E-state index contributed by atoms with van der Waals surface area (Å²) >= 11 is 0. The lowest BCUT2D eigenvalue weighted by Crippen LogP contribution is -2.51. The number of nitrogens with one attached hydrogen (secondary N) is 2. The molecule has 7 nitrogen and oxygen atoms in total. The smallest absolute Gasteiger partial charge is 0.260 e. The summed E-state index contributed by atoms with van der Waals surface area (Å²) in [4.78, 5) is 19.7. The summed E-state index contributed by atoms with van der Waals surface area (Å²) in [5.41, 5.74) is 1.49. The van der Waals surface area contributed by atoms with E-state index in [1.807, 2.05) is 13.0 Å². The van der Waals surface area contributed by atoms with Crippen molar-refractivity contribution in [2.24, 2.45) is 0 Å². The molecule has 0 unspecified atom stereocenters. The molecule has 3 aromatic rings. The van der Waals surface area contributed by atoms with Crippen LogP contribution in [0.1, 0.15) is 36.6 Å². The number of H-pyrrole nitrogens is 1. The van der Waals surface area contributed by atoms with Crippen LogP contribution in [0.3, 0.4) is 0 Å². The number of aliphatic hydroxyl groups is 1. The minimum Gasteiger partial charge on any atom is -0.485 e. The molecule has 1 aromatic heterocycles. The van der Waals surface area contributed by atoms with Gasteiger partial charge in [0.25, 0.3) is 5.56 Å². The Bertz CT molecular complexity index is 1180. The SMILES string of the molecule is Cc1ccc2nc(N[C@@H]3c4cc(C#N)ccc4OC(C)(C)[C@H]3O)[nH]c(=O)c2c1. The number of ether oxygens (including phenoxy) is 1. The van der Waals surface area contributed by atoms with E-state index in [4.69, 9.17) is 4.74 Å². The standard InChI is InChI=1S/C21H20N4O3/c1-11-4-6-15-13(8-11)19(27)25-20(23-15)24-17-14-9-12(10-22)5-7-16(14)28-21(2,3)18(17)26/h4-9,17-18,26H,1-3H3,(H2,23,24,25,27)/t17-,18+/m1/s1. The zero-order valence-electron chi connectivity index (χ0n) is 15.8. The molecule has 0 saturated carbocycles. The van der Waals surface area contributed by atoms with Gasteiger partial charge in [-0.1, -0.05) is 11.6 Å². The van der Waals surface area contributed by atoms with Crippen LogP contribution in [-0.2, 0) is 0 Å². The summed E-state index contributed by atoms with van der Waals surface area (Å²) in [6.07, 6.45) is -0.937. The number of hydrogen-bond donors (Lipinski definition) is 3. The van der Waals surface area contributed by atoms with Crippen LogP contribution in [0.4, 0.5) is 5.95 Å². The average molecular weight is 376 g/mol. The fraction of sp³-hybridized carbons (Fsp3) is 0.286. The minimum absolute atomic E-state index is 0.247. The minimum atomic E-state index is -0.937. The first-order valence-corrected chi connectivity index (χ1v) is 8.97. The summed E-state index contributed by atoms with van der Waals surface area (Å²) in [5.74, 6) is 0.821. The van der Waals surface area contributed by atoms with Crippen molar-refractivity contribution >= 4 is 16.9 Å². The molecule has 1 aliphatic rings. The normalized spacial score (nSPS) is 20.1. The number of anilines is 1. The molecule has 0 aliphatic carbocycles. The zero-order chi connectivity index (χ0) is 20.1. The van der Waals surface area contributed by atoms with Crippen molar-refractivity contribution in [3.8, 4) is 11.8 Å². The molecular formula is C21H20N4O3. The number of nitriles is 1. The van der Waals surface area contributed by atoms with Crippen LogP contribution in [0, 0.1) is 18.3 Å². The Kier molecular flexibility index (Phi) is 4.09. The maximum atomic E-state index is 12.5. The summed E-state index contributed by atoms with van der Waals surface area (Å²) < 4.78 is 5.91. The summed E-state index contributed by atoms with van der Waals surface area (Å²) in [6.45, 7) is 5.48. The van der Waals surface area contributed by atoms with Crippen LogP contribution in [-0.4, -0.2) is 26.8 Å². The molecular weight excluding hydrogens is 356 g/mol. The highest BCUT2D eigenvalue weighted by molar-refractivity contribution is 5.79. The topological polar surface area (TPSA) is 111 Å². The molecule has 7 heteroatoms. The van der Waals surface area contributed by atoms with Crippen LogP contribution in [0.5, 0.6) is 5.75 Å². The van der Waals surface area contributed by atoms with E-state index in [0.717, 1.165) is 5.56 Å². The van der Waals surface area contributed by atoms with Crippen molar-refractivity contribution in [1.29, 1.82) is 5.26 Å². The number of rotatable bonds is 2. The molecule has 2 heterocycles. The third-order valence-corrected chi connectivity index (χ3v) is 5.03. The highest BCUT2D eigenvalue weighted by Crippen LogP contribution is 2.41. The molecule has 0 fully saturated rings. The Balaban J connectivity index is 1.81. The Hall–Kier alpha value is -3.37. The van der Waals surface area contributed by atoms with Gasteiger partial charge in [-0.25, -0.2) is 4.98 Å². The predicted octanol–water partition coefficient (Wildman–Crippen LogP) is 2.79. The van der Waals surface area contributed by atoms with Crippen LogP contribution in [0.15, 0.2) is 41.2 Å². The summed E-state index contributed by atoms with van der Waals surface area (Å²) in [5, 5.41) is 23.8. The number of benzene rings is 2. The van der Waals surface area contributed by atoms with E-state index < -0.39 is 17.7 Å². The molecule has 2 atom stereocenters. The zero-order valence-corrected chi connectivity index (χ0v) is 15.8. The molecule has 28 heavy (non-hydrogen) atoms. The highest BCUT2D eigenvalue weighted by Gasteiger charge is 2.43. The van der Waals surface area contributed by atoms with Crippen molar-refractivity contribution in [3.05, 3.63) is 63.4 Å². The molecule has 0 saturated heterocycles. The first-order valence-electron chi connectivity index (χ1n) is 8.97. The van der Waals surface area contributed by atoms with Crippen molar-refractivity contribution in [1.82, 2.24) is 9.97 Å². The molecule has 3 N–H and O–H groups in total. The largest absolute Gasteiger partial charge is 0.485 e. The van der Waals surface area contributed by atoms with Gasteiger partial charge in [0, 0.05) is 5.56 Å². The number of hydrogen-bond acceptors (Lipinski definition) is 6. The maximum absolute atomic E-state index is 12.5. The Morgan fingerprint density at radius 1 is 1.29 bits per heavy atom. The third-order valence-electron chi connectivity index (χ3n) is 5.03. The van der Waals surface area contributed by atoms with Gasteiger partial charge in [0.05, 0.1) is 28.6 Å². The second-order valence-electron chi connectivity index (χ2n) is 7.57. The molecule has 0 spiro atoms. The van der Waals surface area contributed by atoms with E-state index >= 15 is 0 Å². The number of nitrogens with zero attached hydrogens (tertiary/aromatic N) is 2. The van der Waals surface area contributed by atoms with Gasteiger partial charge in [0.2, 0.25) is 5.95 Å². The first-order chi connectivity index (χ1) is 13.3. The molecule has 0 amide bonds. The molecule has 2 aromatic carbocycles. The quantitative estimate of drug-likeness (QED) is 0.634. The van der Waals surface area contributed by atoms with Gasteiger partial charge in [0.15, 0.2) is 0 Å². The van der Waals surface area contributed by atoms with Crippen LogP contribution >= 0.6 is 0 Å². The van der Waals surface area contributed by atoms with Gasteiger partial charge in [-0.2, -0.15) is 5.26 Å². The predicted molar refractivity (Wildman–Crippen MR) is 105 cm³/mol. The monoisotopic (exact) mass is 376 g/mol. The lowest BCUT2D eigenvalue weighted by atomic mass is 9.86. The van der Waals surface area contributed by atoms with Crippen LogP contribution in [0.2, 0.25) is 0 Å². The second kappa shape index (κ2) is 6.36. The van der Waals surface area contributed by atoms with E-state index in [1.165, 1.54) is 0 Å². The molecule has 4 rings (SSSR count). The van der Waals surface area contributed by atoms with Crippen molar-refractivity contribution < 1.29 is 9.84 Å². The van der Waals surface area contributed by atoms with Crippen LogP contribution < -0.4 is 15.6 Å². The third kappa shape index (κ3) is 2.98. The number of fused-ring (bicyclic) bond motifs is 2. The Morgan fingerprint density at radius 2 is 2.07 bits per heavy atom. The lowest BCUT2D eigenvalue weighted by molar-refractivity contribution is -0.0533. The van der Waals surface area contributed by atoms with E-state index in [0.29, 0.717) is 27.8 Å². The molecule has 0 bridgehead atoms. The van der Waals surface area contributed by atoms with E-state index in [2.05, 4.69) is 21.4 Å². The van der Waals surface area contributed by atoms with Gasteiger partial charge in [-0.3, -0.25) is 9.78 Å². The number of aromatic amines is 1. The lowest BCUT2D eigenvalue weighted by Gasteiger charge is -2.42. The first kappa shape index (κ1) is 18.0. The average Bonchev–Trinajstić information content (AvgIpc) is 2.65. The second-order valence-corrected chi connectivity index (χ2v) is 7.57. The van der Waals surface area contributed by atoms with Gasteiger partial charge < -0.3 is 15.2 Å². The Labute approximate surface area is 161 Å². The number of aryl methyl sites for hydroxylation is 1. The number of aromatic nitrogens is 2. The fourth-order valence-electron chi connectivity index (χ4n) is 3.49. The van der Waals surface area contributed by atoms with Gasteiger partial charge >= 0.3 is 0 Å². The van der Waals surface area contributed by atoms with Gasteiger partial charge in [-0.15, -0.1) is 0 Å². The van der Waals surface area contributed by atoms with Gasteiger partial charge in [0.1, 0.15) is 17.5 Å². The van der Waals surface area contributed by atoms with Crippen molar-refractivity contribution in [2.45, 2.75) is 38.5 Å². The van der Waals surface area contributed by atoms with Crippen LogP contribution in [0.25, 0.3) is 10.9 Å². The highest BCUT2D eigenvalue weighted by atomic mass is 16.5. The summed E-state index contributed by atoms with van der Waals surface area (Å²) in [7, 11) is 0. The number of aliphatic hydroxyl groups excluding tert-OH is 1. The fourth-order valence-corrected chi connectivity index (χ4v) is 3.49. The molecule has 0 radical (unpaired) electrons. The van der Waals surface area contributed by atoms with E-state index in [-0.39, 0.29) is 11.5 Å². The molecule has 142 valence electrons. The van der Waals surface area contributed by atoms with E-state index in [9.17, 15) is 15.2 Å². The summed E-state index contributed by atoms with van der Waals surface area (Å²) in [6, 6.07) is 12.0. The van der Waals surface area contributed by atoms with E-state index in [1.54, 1.807) is 44.2 Å². The van der Waals surface area contributed by atoms with Crippen molar-refractivity contribution in [2.75, 3.05) is 5.32 Å². The van der Waals surface area contributed by atoms with Crippen molar-refractivity contribution in [3.63, 3.8) is 0 Å². The Morgan fingerprint density at radius 3 is 2.82 bits per heavy atom. The molecule has 1 aliphatic heterocycles. The van der Waals surface area contributed by atoms with Gasteiger partial charge in [-0.05, 0) is 51.1 Å². The maximum Gasteiger partial charge on any atom is 0.260 e.